The van der Waals surface area contributed by atoms with Gasteiger partial charge in [0.25, 0.3) is 5.91 Å². The van der Waals surface area contributed by atoms with Crippen molar-refractivity contribution in [3.63, 3.8) is 0 Å². The fraction of sp³-hybridized carbons (Fsp3) is 0.107. The number of amides is 1. The van der Waals surface area contributed by atoms with Gasteiger partial charge in [-0.15, -0.1) is 0 Å². The Morgan fingerprint density at radius 1 is 1.03 bits per heavy atom. The monoisotopic (exact) mass is 537 g/mol. The number of nitrogens with zero attached hydrogens (tertiary/aromatic N) is 2. The number of carboxylic acid groups (broad SMARTS) is 1. The Hall–Kier alpha value is -4.93. The van der Waals surface area contributed by atoms with Crippen molar-refractivity contribution in [3.8, 4) is 5.75 Å². The molecule has 1 heterocycles. The number of hydrazone groups is 1. The minimum absolute atomic E-state index is 0.0380. The number of hydrogen-bond acceptors (Lipinski definition) is 5. The zero-order valence-electron chi connectivity index (χ0n) is 19.9. The number of carbonyl (C=O) groups is 2. The first-order valence-electron chi connectivity index (χ1n) is 11.6. The van der Waals surface area contributed by atoms with Gasteiger partial charge in [-0.1, -0.05) is 48.6 Å². The number of para-hydroxylation sites is 2. The first kappa shape index (κ1) is 25.7. The number of aliphatic carboxylic acids is 1. The molecular formula is C28H19F4N3O4. The number of fused-ring (bicyclic) bond motifs is 1. The number of phenols is 1. The van der Waals surface area contributed by atoms with E-state index in [2.05, 4.69) is 10.5 Å². The highest BCUT2D eigenvalue weighted by Crippen LogP contribution is 2.39. The van der Waals surface area contributed by atoms with Crippen LogP contribution in [0.3, 0.4) is 0 Å². The van der Waals surface area contributed by atoms with Crippen LogP contribution in [0.15, 0.2) is 90.1 Å². The Labute approximate surface area is 219 Å². The lowest BCUT2D eigenvalue weighted by Gasteiger charge is -2.29. The molecule has 7 nitrogen and oxygen atoms in total. The van der Waals surface area contributed by atoms with E-state index in [1.165, 1.54) is 30.4 Å². The summed E-state index contributed by atoms with van der Waals surface area (Å²) in [6.45, 7) is 0. The van der Waals surface area contributed by atoms with E-state index in [-0.39, 0.29) is 34.8 Å². The zero-order valence-corrected chi connectivity index (χ0v) is 19.9. The van der Waals surface area contributed by atoms with Crippen LogP contribution < -0.4 is 10.3 Å². The van der Waals surface area contributed by atoms with Crippen LogP contribution in [0.5, 0.6) is 5.75 Å². The fourth-order valence-corrected chi connectivity index (χ4v) is 4.54. The van der Waals surface area contributed by atoms with E-state index in [1.807, 2.05) is 0 Å². The van der Waals surface area contributed by atoms with Gasteiger partial charge in [-0.05, 0) is 42.0 Å². The lowest BCUT2D eigenvalue weighted by atomic mass is 9.84. The molecule has 5 rings (SSSR count). The summed E-state index contributed by atoms with van der Waals surface area (Å²) in [5, 5.41) is 24.5. The van der Waals surface area contributed by atoms with Crippen molar-refractivity contribution in [2.75, 3.05) is 4.90 Å². The molecule has 1 aliphatic heterocycles. The molecule has 1 atom stereocenters. The second kappa shape index (κ2) is 9.43. The summed E-state index contributed by atoms with van der Waals surface area (Å²) in [7, 11) is 0. The number of alkyl halides is 3. The van der Waals surface area contributed by atoms with Gasteiger partial charge < -0.3 is 10.2 Å². The topological polar surface area (TPSA) is 102 Å². The molecule has 198 valence electrons. The van der Waals surface area contributed by atoms with Crippen molar-refractivity contribution in [2.24, 2.45) is 5.10 Å². The van der Waals surface area contributed by atoms with Crippen LogP contribution in [0.1, 0.15) is 23.1 Å². The number of allylic oxidation sites excluding steroid dienone is 2. The molecular weight excluding hydrogens is 518 g/mol. The van der Waals surface area contributed by atoms with Gasteiger partial charge in [0.05, 0.1) is 16.9 Å². The average molecular weight is 537 g/mol. The summed E-state index contributed by atoms with van der Waals surface area (Å²) in [6.07, 6.45) is -0.529. The molecule has 0 bridgehead atoms. The quantitative estimate of drug-likeness (QED) is 0.299. The Balaban J connectivity index is 1.50. The molecule has 2 aliphatic rings. The maximum atomic E-state index is 14.3. The molecule has 0 aromatic heterocycles. The van der Waals surface area contributed by atoms with Crippen LogP contribution in [0, 0.1) is 5.82 Å². The Kier molecular flexibility index (Phi) is 6.21. The number of hydrogen-bond donors (Lipinski definition) is 3. The molecule has 0 fully saturated rings. The molecule has 0 saturated heterocycles. The van der Waals surface area contributed by atoms with Gasteiger partial charge >= 0.3 is 12.1 Å². The van der Waals surface area contributed by atoms with Crippen LogP contribution in [0.4, 0.5) is 28.9 Å². The Bertz CT molecular complexity index is 1600. The number of benzene rings is 3. The summed E-state index contributed by atoms with van der Waals surface area (Å²) in [4.78, 5) is 26.8. The first-order valence-corrected chi connectivity index (χ1v) is 11.6. The molecule has 3 N–H and O–H groups in total. The predicted molar refractivity (Wildman–Crippen MR) is 135 cm³/mol. The summed E-state index contributed by atoms with van der Waals surface area (Å²) in [5.74, 6) is -3.68. The number of anilines is 2. The van der Waals surface area contributed by atoms with E-state index in [1.54, 1.807) is 36.4 Å². The molecule has 1 aliphatic carbocycles. The highest BCUT2D eigenvalue weighted by atomic mass is 19.4. The molecule has 1 unspecified atom stereocenters. The maximum absolute atomic E-state index is 14.3. The maximum Gasteiger partial charge on any atom is 0.419 e. The minimum atomic E-state index is -4.91. The van der Waals surface area contributed by atoms with Gasteiger partial charge in [0.15, 0.2) is 11.3 Å². The number of carbonyl (C=O) groups excluding carboxylic acids is 1. The van der Waals surface area contributed by atoms with E-state index in [4.69, 9.17) is 0 Å². The third-order valence-corrected chi connectivity index (χ3v) is 6.47. The van der Waals surface area contributed by atoms with Gasteiger partial charge in [0.1, 0.15) is 11.6 Å². The van der Waals surface area contributed by atoms with Crippen LogP contribution in [-0.2, 0) is 15.8 Å². The molecule has 1 amide bonds. The summed E-state index contributed by atoms with van der Waals surface area (Å²) in [6, 6.07) is 14.8. The van der Waals surface area contributed by atoms with Gasteiger partial charge in [0.2, 0.25) is 0 Å². The van der Waals surface area contributed by atoms with E-state index >= 15 is 0 Å². The van der Waals surface area contributed by atoms with Crippen LogP contribution in [-0.4, -0.2) is 33.3 Å². The Morgan fingerprint density at radius 3 is 2.38 bits per heavy atom. The van der Waals surface area contributed by atoms with E-state index in [0.717, 1.165) is 11.0 Å². The van der Waals surface area contributed by atoms with Crippen molar-refractivity contribution in [1.82, 2.24) is 5.43 Å². The van der Waals surface area contributed by atoms with Gasteiger partial charge in [-0.2, -0.15) is 18.3 Å². The second-order valence-corrected chi connectivity index (χ2v) is 8.91. The highest BCUT2D eigenvalue weighted by molar-refractivity contribution is 6.55. The SMILES string of the molecule is O=C1C(=NNC2(C(=O)O)C=CC=C(c3ccccc3O)C2)c2ccccc2N1c1ccc(C(F)(F)F)c(F)c1. The Morgan fingerprint density at radius 2 is 1.72 bits per heavy atom. The summed E-state index contributed by atoms with van der Waals surface area (Å²) >= 11 is 0. The summed E-state index contributed by atoms with van der Waals surface area (Å²) < 4.78 is 53.5. The number of carboxylic acids is 1. The van der Waals surface area contributed by atoms with Gasteiger partial charge in [-0.25, -0.2) is 9.18 Å². The van der Waals surface area contributed by atoms with E-state index in [0.29, 0.717) is 23.3 Å². The van der Waals surface area contributed by atoms with Crippen molar-refractivity contribution in [2.45, 2.75) is 18.1 Å². The van der Waals surface area contributed by atoms with Crippen molar-refractivity contribution in [1.29, 1.82) is 0 Å². The lowest BCUT2D eigenvalue weighted by molar-refractivity contribution is -0.142. The highest BCUT2D eigenvalue weighted by Gasteiger charge is 2.41. The number of phenolic OH excluding ortho intramolecular Hbond substituents is 1. The van der Waals surface area contributed by atoms with Crippen molar-refractivity contribution < 1.29 is 37.4 Å². The smallest absolute Gasteiger partial charge is 0.419 e. The molecule has 11 heteroatoms. The normalized spacial score (nSPS) is 19.7. The fourth-order valence-electron chi connectivity index (χ4n) is 4.54. The first-order chi connectivity index (χ1) is 18.5. The van der Waals surface area contributed by atoms with Crippen LogP contribution in [0.2, 0.25) is 0 Å². The summed E-state index contributed by atoms with van der Waals surface area (Å²) in [5.41, 5.74) is 0.408. The second-order valence-electron chi connectivity index (χ2n) is 8.91. The molecule has 3 aromatic carbocycles. The largest absolute Gasteiger partial charge is 0.507 e. The zero-order chi connectivity index (χ0) is 27.9. The van der Waals surface area contributed by atoms with E-state index < -0.39 is 35.0 Å². The third-order valence-electron chi connectivity index (χ3n) is 6.47. The lowest BCUT2D eigenvalue weighted by Crippen LogP contribution is -2.49. The minimum Gasteiger partial charge on any atom is -0.507 e. The van der Waals surface area contributed by atoms with Crippen LogP contribution >= 0.6 is 0 Å². The number of aromatic hydroxyl groups is 1. The number of rotatable bonds is 5. The van der Waals surface area contributed by atoms with Crippen LogP contribution in [0.25, 0.3) is 5.57 Å². The van der Waals surface area contributed by atoms with Gasteiger partial charge in [0, 0.05) is 17.5 Å². The van der Waals surface area contributed by atoms with E-state index in [9.17, 15) is 37.4 Å². The molecule has 3 aromatic rings. The van der Waals surface area contributed by atoms with Crippen molar-refractivity contribution in [3.05, 3.63) is 107 Å². The molecule has 0 spiro atoms. The number of halogens is 4. The average Bonchev–Trinajstić information content (AvgIpc) is 3.18. The molecule has 0 saturated carbocycles. The predicted octanol–water partition coefficient (Wildman–Crippen LogP) is 5.39. The molecule has 0 radical (unpaired) electrons. The molecule has 39 heavy (non-hydrogen) atoms. The van der Waals surface area contributed by atoms with Crippen molar-refractivity contribution >= 4 is 34.5 Å². The number of nitrogens with one attached hydrogen (secondary N) is 1. The third kappa shape index (κ3) is 4.52. The van der Waals surface area contributed by atoms with Gasteiger partial charge in [-0.3, -0.25) is 15.1 Å². The standard InChI is InChI=1S/C28H19F4N3O4/c29-21-14-17(11-12-20(21)28(30,31)32)35-22-9-3-1-8-19(22)24(25(35)37)33-34-27(26(38)39)13-5-6-16(15-27)18-7-2-4-10-23(18)36/h1-14,34,36H,15H2,(H,38,39).